The molecule has 0 spiro atoms. The SMILES string of the molecule is [CH2]C(=O)N(CCCC)C(C)(C)C. The second kappa shape index (κ2) is 4.48. The van der Waals surface area contributed by atoms with E-state index in [9.17, 15) is 4.79 Å². The Morgan fingerprint density at radius 1 is 1.42 bits per heavy atom. The topological polar surface area (TPSA) is 20.3 Å². The Balaban J connectivity index is 4.15. The van der Waals surface area contributed by atoms with Gasteiger partial charge in [0.1, 0.15) is 0 Å². The lowest BCUT2D eigenvalue weighted by atomic mass is 10.1. The molecule has 0 aromatic heterocycles. The predicted molar refractivity (Wildman–Crippen MR) is 51.7 cm³/mol. The summed E-state index contributed by atoms with van der Waals surface area (Å²) in [7, 11) is 0. The van der Waals surface area contributed by atoms with Crippen LogP contribution < -0.4 is 0 Å². The van der Waals surface area contributed by atoms with E-state index in [2.05, 4.69) is 13.8 Å². The van der Waals surface area contributed by atoms with E-state index < -0.39 is 0 Å². The van der Waals surface area contributed by atoms with Crippen LogP contribution in [-0.4, -0.2) is 22.9 Å². The molecule has 0 atom stereocenters. The lowest BCUT2D eigenvalue weighted by Gasteiger charge is -2.34. The second-order valence-electron chi connectivity index (χ2n) is 4.07. The zero-order valence-electron chi connectivity index (χ0n) is 8.68. The summed E-state index contributed by atoms with van der Waals surface area (Å²) in [5.41, 5.74) is -0.0893. The predicted octanol–water partition coefficient (Wildman–Crippen LogP) is 2.25. The molecule has 0 saturated heterocycles. The first-order chi connectivity index (χ1) is 5.39. The molecule has 0 aliphatic carbocycles. The summed E-state index contributed by atoms with van der Waals surface area (Å²) in [6.07, 6.45) is 2.17. The molecule has 0 aliphatic heterocycles. The number of unbranched alkanes of at least 4 members (excludes halogenated alkanes) is 1. The average molecular weight is 170 g/mol. The molecule has 12 heavy (non-hydrogen) atoms. The number of carbonyl (C=O) groups is 1. The summed E-state index contributed by atoms with van der Waals surface area (Å²) >= 11 is 0. The van der Waals surface area contributed by atoms with Crippen molar-refractivity contribution >= 4 is 5.91 Å². The van der Waals surface area contributed by atoms with Crippen LogP contribution in [0.4, 0.5) is 0 Å². The molecule has 0 N–H and O–H groups in total. The van der Waals surface area contributed by atoms with Crippen LogP contribution in [0.15, 0.2) is 0 Å². The summed E-state index contributed by atoms with van der Waals surface area (Å²) in [5.74, 6) is -0.0732. The van der Waals surface area contributed by atoms with Crippen LogP contribution >= 0.6 is 0 Å². The number of hydrogen-bond donors (Lipinski definition) is 0. The number of hydrogen-bond acceptors (Lipinski definition) is 1. The van der Waals surface area contributed by atoms with Crippen LogP contribution in [0.5, 0.6) is 0 Å². The van der Waals surface area contributed by atoms with Gasteiger partial charge in [0.2, 0.25) is 5.91 Å². The van der Waals surface area contributed by atoms with Gasteiger partial charge in [0.05, 0.1) is 0 Å². The van der Waals surface area contributed by atoms with E-state index in [1.54, 1.807) is 0 Å². The van der Waals surface area contributed by atoms with Crippen molar-refractivity contribution in [3.8, 4) is 0 Å². The fraction of sp³-hybridized carbons (Fsp3) is 0.800. The minimum atomic E-state index is -0.0893. The maximum absolute atomic E-state index is 11.1. The lowest BCUT2D eigenvalue weighted by molar-refractivity contribution is -0.130. The maximum Gasteiger partial charge on any atom is 0.223 e. The minimum absolute atomic E-state index is 0.0732. The zero-order valence-corrected chi connectivity index (χ0v) is 8.68. The van der Waals surface area contributed by atoms with Crippen LogP contribution in [0.3, 0.4) is 0 Å². The summed E-state index contributed by atoms with van der Waals surface area (Å²) in [4.78, 5) is 12.9. The Bertz CT molecular complexity index is 146. The summed E-state index contributed by atoms with van der Waals surface area (Å²) in [6, 6.07) is 0. The molecule has 0 fully saturated rings. The van der Waals surface area contributed by atoms with E-state index in [0.717, 1.165) is 19.4 Å². The van der Waals surface area contributed by atoms with E-state index in [1.807, 2.05) is 25.7 Å². The van der Waals surface area contributed by atoms with Gasteiger partial charge in [-0.15, -0.1) is 0 Å². The molecule has 0 aromatic rings. The van der Waals surface area contributed by atoms with Gasteiger partial charge in [-0.1, -0.05) is 13.3 Å². The molecule has 1 radical (unpaired) electrons. The van der Waals surface area contributed by atoms with Crippen molar-refractivity contribution in [2.24, 2.45) is 0 Å². The highest BCUT2D eigenvalue weighted by molar-refractivity contribution is 5.80. The van der Waals surface area contributed by atoms with Gasteiger partial charge in [-0.25, -0.2) is 0 Å². The molecule has 2 heteroatoms. The Kier molecular flexibility index (Phi) is 4.29. The Morgan fingerprint density at radius 3 is 2.17 bits per heavy atom. The first-order valence-corrected chi connectivity index (χ1v) is 4.53. The van der Waals surface area contributed by atoms with Crippen molar-refractivity contribution in [1.29, 1.82) is 0 Å². The van der Waals surface area contributed by atoms with Gasteiger partial charge >= 0.3 is 0 Å². The van der Waals surface area contributed by atoms with Gasteiger partial charge in [0.25, 0.3) is 0 Å². The molecular formula is C10H20NO. The number of rotatable bonds is 3. The maximum atomic E-state index is 11.1. The van der Waals surface area contributed by atoms with Crippen molar-refractivity contribution in [3.63, 3.8) is 0 Å². The van der Waals surface area contributed by atoms with Gasteiger partial charge < -0.3 is 4.90 Å². The zero-order chi connectivity index (χ0) is 9.78. The number of carbonyl (C=O) groups excluding carboxylic acids is 1. The van der Waals surface area contributed by atoms with E-state index in [-0.39, 0.29) is 11.4 Å². The first-order valence-electron chi connectivity index (χ1n) is 4.53. The summed E-state index contributed by atoms with van der Waals surface area (Å²) < 4.78 is 0. The summed E-state index contributed by atoms with van der Waals surface area (Å²) in [6.45, 7) is 12.5. The van der Waals surface area contributed by atoms with Crippen LogP contribution in [0.1, 0.15) is 40.5 Å². The van der Waals surface area contributed by atoms with Crippen molar-refractivity contribution in [1.82, 2.24) is 4.90 Å². The molecule has 0 saturated carbocycles. The molecule has 0 aromatic carbocycles. The fourth-order valence-corrected chi connectivity index (χ4v) is 1.15. The van der Waals surface area contributed by atoms with E-state index in [1.165, 1.54) is 0 Å². The Morgan fingerprint density at radius 2 is 1.92 bits per heavy atom. The summed E-state index contributed by atoms with van der Waals surface area (Å²) in [5, 5.41) is 0. The monoisotopic (exact) mass is 170 g/mol. The van der Waals surface area contributed by atoms with Crippen molar-refractivity contribution in [2.75, 3.05) is 6.54 Å². The Labute approximate surface area is 75.9 Å². The lowest BCUT2D eigenvalue weighted by Crippen LogP contribution is -2.45. The molecule has 0 unspecified atom stereocenters. The quantitative estimate of drug-likeness (QED) is 0.636. The molecule has 1 amide bonds. The van der Waals surface area contributed by atoms with E-state index in [0.29, 0.717) is 0 Å². The van der Waals surface area contributed by atoms with Crippen LogP contribution in [-0.2, 0) is 4.79 Å². The highest BCUT2D eigenvalue weighted by atomic mass is 16.2. The van der Waals surface area contributed by atoms with Crippen molar-refractivity contribution < 1.29 is 4.79 Å². The number of amides is 1. The smallest absolute Gasteiger partial charge is 0.223 e. The van der Waals surface area contributed by atoms with Crippen LogP contribution in [0, 0.1) is 6.92 Å². The van der Waals surface area contributed by atoms with Gasteiger partial charge in [-0.3, -0.25) is 4.79 Å². The molecule has 0 bridgehead atoms. The van der Waals surface area contributed by atoms with Gasteiger partial charge in [-0.05, 0) is 27.2 Å². The molecule has 2 nitrogen and oxygen atoms in total. The molecule has 0 aliphatic rings. The van der Waals surface area contributed by atoms with Gasteiger partial charge in [0, 0.05) is 19.0 Å². The van der Waals surface area contributed by atoms with Crippen molar-refractivity contribution in [3.05, 3.63) is 6.92 Å². The second-order valence-corrected chi connectivity index (χ2v) is 4.07. The third kappa shape index (κ3) is 3.74. The van der Waals surface area contributed by atoms with Gasteiger partial charge in [0.15, 0.2) is 0 Å². The Hall–Kier alpha value is -0.530. The molecule has 0 rings (SSSR count). The van der Waals surface area contributed by atoms with Gasteiger partial charge in [-0.2, -0.15) is 0 Å². The standard InChI is InChI=1S/C10H20NO/c1-6-7-8-11(9(2)12)10(3,4)5/h2,6-8H2,1,3-5H3. The third-order valence-corrected chi connectivity index (χ3v) is 1.85. The van der Waals surface area contributed by atoms with Crippen LogP contribution in [0.25, 0.3) is 0 Å². The first kappa shape index (κ1) is 11.5. The largest absolute Gasteiger partial charge is 0.338 e. The molecule has 71 valence electrons. The van der Waals surface area contributed by atoms with E-state index in [4.69, 9.17) is 0 Å². The third-order valence-electron chi connectivity index (χ3n) is 1.85. The normalized spacial score (nSPS) is 11.4. The fourth-order valence-electron chi connectivity index (χ4n) is 1.15. The minimum Gasteiger partial charge on any atom is -0.338 e. The van der Waals surface area contributed by atoms with Crippen molar-refractivity contribution in [2.45, 2.75) is 46.1 Å². The molecule has 0 heterocycles. The van der Waals surface area contributed by atoms with E-state index >= 15 is 0 Å². The molecular weight excluding hydrogens is 150 g/mol. The van der Waals surface area contributed by atoms with Crippen LogP contribution in [0.2, 0.25) is 0 Å². The highest BCUT2D eigenvalue weighted by Gasteiger charge is 2.22. The highest BCUT2D eigenvalue weighted by Crippen LogP contribution is 2.13. The average Bonchev–Trinajstić information content (AvgIpc) is 1.84. The number of nitrogens with zero attached hydrogens (tertiary/aromatic N) is 1.